The van der Waals surface area contributed by atoms with Crippen molar-refractivity contribution in [1.29, 1.82) is 0 Å². The van der Waals surface area contributed by atoms with Gasteiger partial charge in [-0.05, 0) is 50.6 Å². The summed E-state index contributed by atoms with van der Waals surface area (Å²) in [5.41, 5.74) is 5.92. The van der Waals surface area contributed by atoms with E-state index < -0.39 is 0 Å². The minimum absolute atomic E-state index is 0.0709. The van der Waals surface area contributed by atoms with Gasteiger partial charge in [0.25, 0.3) is 0 Å². The molecule has 1 fully saturated rings. The molecular weight excluding hydrogens is 262 g/mol. The van der Waals surface area contributed by atoms with Gasteiger partial charge in [0.1, 0.15) is 0 Å². The van der Waals surface area contributed by atoms with Crippen molar-refractivity contribution in [2.24, 2.45) is 11.1 Å². The fourth-order valence-corrected chi connectivity index (χ4v) is 3.24. The normalized spacial score (nSPS) is 20.1. The maximum Gasteiger partial charge on any atom is 0.236 e. The minimum atomic E-state index is 0.0709. The van der Waals surface area contributed by atoms with Gasteiger partial charge in [0.2, 0.25) is 5.91 Å². The maximum absolute atomic E-state index is 12.7. The largest absolute Gasteiger partial charge is 0.339 e. The molecule has 1 aliphatic rings. The highest BCUT2D eigenvalue weighted by molar-refractivity contribution is 5.78. The van der Waals surface area contributed by atoms with Crippen LogP contribution in [0.1, 0.15) is 59.8 Å². The number of nitrogens with zero attached hydrogens (tertiary/aromatic N) is 2. The van der Waals surface area contributed by atoms with Gasteiger partial charge >= 0.3 is 0 Å². The zero-order valence-electron chi connectivity index (χ0n) is 14.5. The lowest BCUT2D eigenvalue weighted by atomic mass is 9.93. The summed E-state index contributed by atoms with van der Waals surface area (Å²) in [5.74, 6) is 0.308. The first-order valence-electron chi connectivity index (χ1n) is 8.65. The molecule has 0 bridgehead atoms. The van der Waals surface area contributed by atoms with E-state index >= 15 is 0 Å². The Morgan fingerprint density at radius 1 is 1.33 bits per heavy atom. The zero-order chi connectivity index (χ0) is 15.9. The van der Waals surface area contributed by atoms with Crippen LogP contribution < -0.4 is 5.73 Å². The topological polar surface area (TPSA) is 49.6 Å². The average Bonchev–Trinajstić information content (AvgIpc) is 2.47. The molecule has 0 aromatic carbocycles. The van der Waals surface area contributed by atoms with E-state index in [9.17, 15) is 4.79 Å². The summed E-state index contributed by atoms with van der Waals surface area (Å²) >= 11 is 0. The summed E-state index contributed by atoms with van der Waals surface area (Å²) in [6.07, 6.45) is 5.74. The number of amides is 1. The van der Waals surface area contributed by atoms with Crippen molar-refractivity contribution >= 4 is 5.91 Å². The molecule has 4 nitrogen and oxygen atoms in total. The van der Waals surface area contributed by atoms with Crippen LogP contribution in [-0.4, -0.2) is 54.5 Å². The van der Waals surface area contributed by atoms with Gasteiger partial charge in [-0.2, -0.15) is 0 Å². The van der Waals surface area contributed by atoms with Crippen molar-refractivity contribution in [3.05, 3.63) is 0 Å². The van der Waals surface area contributed by atoms with Crippen molar-refractivity contribution in [3.8, 4) is 0 Å². The molecule has 21 heavy (non-hydrogen) atoms. The van der Waals surface area contributed by atoms with E-state index in [-0.39, 0.29) is 5.41 Å². The SMILES string of the molecule is CCCN(CC(=O)N1CCCCC1CC)CC(C)(C)CN. The number of carbonyl (C=O) groups excluding carboxylic acids is 1. The third-order valence-corrected chi connectivity index (χ3v) is 4.52. The highest BCUT2D eigenvalue weighted by atomic mass is 16.2. The van der Waals surface area contributed by atoms with Crippen LogP contribution in [0.25, 0.3) is 0 Å². The number of hydrogen-bond donors (Lipinski definition) is 1. The lowest BCUT2D eigenvalue weighted by Crippen LogP contribution is -2.49. The van der Waals surface area contributed by atoms with Crippen molar-refractivity contribution in [3.63, 3.8) is 0 Å². The van der Waals surface area contributed by atoms with Gasteiger partial charge in [0.05, 0.1) is 6.54 Å². The number of nitrogens with two attached hydrogens (primary N) is 1. The van der Waals surface area contributed by atoms with Gasteiger partial charge in [0.15, 0.2) is 0 Å². The lowest BCUT2D eigenvalue weighted by molar-refractivity contribution is -0.136. The number of rotatable bonds is 8. The quantitative estimate of drug-likeness (QED) is 0.749. The molecule has 0 radical (unpaired) electrons. The Bertz CT molecular complexity index is 317. The number of piperidine rings is 1. The molecule has 0 aromatic heterocycles. The smallest absolute Gasteiger partial charge is 0.236 e. The summed E-state index contributed by atoms with van der Waals surface area (Å²) in [7, 11) is 0. The monoisotopic (exact) mass is 297 g/mol. The molecule has 1 heterocycles. The first kappa shape index (κ1) is 18.4. The fourth-order valence-electron chi connectivity index (χ4n) is 3.24. The van der Waals surface area contributed by atoms with Crippen LogP contribution in [0.5, 0.6) is 0 Å². The van der Waals surface area contributed by atoms with E-state index in [0.717, 1.165) is 38.9 Å². The van der Waals surface area contributed by atoms with Crippen LogP contribution in [-0.2, 0) is 4.79 Å². The third-order valence-electron chi connectivity index (χ3n) is 4.52. The average molecular weight is 297 g/mol. The number of carbonyl (C=O) groups is 1. The Morgan fingerprint density at radius 2 is 2.05 bits per heavy atom. The Hall–Kier alpha value is -0.610. The van der Waals surface area contributed by atoms with Gasteiger partial charge in [-0.1, -0.05) is 27.7 Å². The van der Waals surface area contributed by atoms with E-state index in [2.05, 4.69) is 37.5 Å². The second kappa shape index (κ2) is 8.74. The van der Waals surface area contributed by atoms with Crippen molar-refractivity contribution in [2.45, 2.75) is 65.8 Å². The molecule has 2 N–H and O–H groups in total. The number of hydrogen-bond acceptors (Lipinski definition) is 3. The Labute approximate surface area is 131 Å². The van der Waals surface area contributed by atoms with Gasteiger partial charge in [-0.15, -0.1) is 0 Å². The molecule has 0 spiro atoms. The number of likely N-dealkylation sites (tertiary alicyclic amines) is 1. The van der Waals surface area contributed by atoms with Crippen LogP contribution >= 0.6 is 0 Å². The minimum Gasteiger partial charge on any atom is -0.339 e. The van der Waals surface area contributed by atoms with Gasteiger partial charge in [-0.3, -0.25) is 9.69 Å². The third kappa shape index (κ3) is 5.95. The molecule has 0 saturated carbocycles. The molecule has 1 saturated heterocycles. The Balaban J connectivity index is 2.62. The van der Waals surface area contributed by atoms with Gasteiger partial charge < -0.3 is 10.6 Å². The van der Waals surface area contributed by atoms with E-state index in [1.807, 2.05) is 0 Å². The second-order valence-electron chi connectivity index (χ2n) is 7.22. The molecule has 0 aromatic rings. The van der Waals surface area contributed by atoms with Gasteiger partial charge in [-0.25, -0.2) is 0 Å². The Morgan fingerprint density at radius 3 is 2.62 bits per heavy atom. The predicted octanol–water partition coefficient (Wildman–Crippen LogP) is 2.47. The summed E-state index contributed by atoms with van der Waals surface area (Å²) in [4.78, 5) is 17.1. The fraction of sp³-hybridized carbons (Fsp3) is 0.941. The maximum atomic E-state index is 12.7. The van der Waals surface area contributed by atoms with Crippen LogP contribution in [0, 0.1) is 5.41 Å². The highest BCUT2D eigenvalue weighted by Gasteiger charge is 2.28. The van der Waals surface area contributed by atoms with Crippen molar-refractivity contribution < 1.29 is 4.79 Å². The molecule has 1 rings (SSSR count). The summed E-state index contributed by atoms with van der Waals surface area (Å²) in [6.45, 7) is 12.7. The summed E-state index contributed by atoms with van der Waals surface area (Å²) in [6, 6.07) is 0.456. The molecule has 1 amide bonds. The highest BCUT2D eigenvalue weighted by Crippen LogP contribution is 2.20. The van der Waals surface area contributed by atoms with E-state index in [1.54, 1.807) is 0 Å². The first-order valence-corrected chi connectivity index (χ1v) is 8.65. The van der Waals surface area contributed by atoms with Crippen LogP contribution in [0.15, 0.2) is 0 Å². The predicted molar refractivity (Wildman–Crippen MR) is 89.2 cm³/mol. The second-order valence-corrected chi connectivity index (χ2v) is 7.22. The van der Waals surface area contributed by atoms with Crippen LogP contribution in [0.2, 0.25) is 0 Å². The molecule has 1 atom stereocenters. The molecule has 0 aliphatic carbocycles. The standard InChI is InChI=1S/C17H35N3O/c1-5-10-19(14-17(3,4)13-18)12-16(21)20-11-8-7-9-15(20)6-2/h15H,5-14,18H2,1-4H3. The molecule has 124 valence electrons. The van der Waals surface area contributed by atoms with E-state index in [4.69, 9.17) is 5.73 Å². The summed E-state index contributed by atoms with van der Waals surface area (Å²) in [5, 5.41) is 0. The summed E-state index contributed by atoms with van der Waals surface area (Å²) < 4.78 is 0. The lowest BCUT2D eigenvalue weighted by Gasteiger charge is -2.38. The van der Waals surface area contributed by atoms with Crippen LogP contribution in [0.4, 0.5) is 0 Å². The van der Waals surface area contributed by atoms with Gasteiger partial charge in [0, 0.05) is 19.1 Å². The molecular formula is C17H35N3O. The van der Waals surface area contributed by atoms with E-state index in [1.165, 1.54) is 12.8 Å². The van der Waals surface area contributed by atoms with Crippen LogP contribution in [0.3, 0.4) is 0 Å². The Kier molecular flexibility index (Phi) is 7.67. The zero-order valence-corrected chi connectivity index (χ0v) is 14.5. The molecule has 1 aliphatic heterocycles. The van der Waals surface area contributed by atoms with Crippen molar-refractivity contribution in [1.82, 2.24) is 9.80 Å². The van der Waals surface area contributed by atoms with Crippen molar-refractivity contribution in [2.75, 3.05) is 32.7 Å². The molecule has 4 heteroatoms. The van der Waals surface area contributed by atoms with E-state index in [0.29, 0.717) is 25.0 Å². The molecule has 1 unspecified atom stereocenters. The first-order chi connectivity index (χ1) is 9.93.